The van der Waals surface area contributed by atoms with E-state index in [2.05, 4.69) is 4.52 Å². The number of hydrogen-bond acceptors (Lipinski definition) is 22. The fourth-order valence-corrected chi connectivity index (χ4v) is 6.01. The summed E-state index contributed by atoms with van der Waals surface area (Å²) in [6, 6.07) is 0. The Hall–Kier alpha value is -0.690. The molecule has 4 heterocycles. The molecule has 4 saturated heterocycles. The van der Waals surface area contributed by atoms with Crippen molar-refractivity contribution >= 4 is 7.82 Å². The number of phosphoric acid groups is 1. The Labute approximate surface area is 275 Å². The SMILES string of the molecule is O=P(O)(O)OC[C@H]1O[C@H](O[C@@H]2[C@H](O)[C@@H](O[C@@H]3[C@H](O)[C@@H](O[C@H]4[C@@H](O)[C@H](O)[C@@H](CO)O[C@@H]4O)O[C@H](CO)[C@H]3O)O[C@H](CO)[C@H]2O)[C@@H](O)[C@@H](O)[C@@H]1O. The molecule has 0 bridgehead atoms. The van der Waals surface area contributed by atoms with E-state index >= 15 is 0 Å². The Bertz CT molecular complexity index is 1090. The van der Waals surface area contributed by atoms with Crippen LogP contribution >= 0.6 is 7.82 Å². The van der Waals surface area contributed by atoms with Gasteiger partial charge in [-0.1, -0.05) is 0 Å². The van der Waals surface area contributed by atoms with Gasteiger partial charge in [-0.05, 0) is 0 Å². The minimum atomic E-state index is -5.09. The summed E-state index contributed by atoms with van der Waals surface area (Å²) in [5, 5.41) is 135. The zero-order chi connectivity index (χ0) is 36.5. The molecule has 4 aliphatic heterocycles. The molecule has 288 valence electrons. The predicted octanol–water partition coefficient (Wildman–Crippen LogP) is -9.63. The summed E-state index contributed by atoms with van der Waals surface area (Å²) in [4.78, 5) is 17.9. The third-order valence-corrected chi connectivity index (χ3v) is 8.92. The van der Waals surface area contributed by atoms with Gasteiger partial charge in [-0.2, -0.15) is 0 Å². The predicted molar refractivity (Wildman–Crippen MR) is 145 cm³/mol. The minimum absolute atomic E-state index is 0.794. The molecule has 0 aromatic carbocycles. The highest BCUT2D eigenvalue weighted by Gasteiger charge is 2.55. The van der Waals surface area contributed by atoms with Gasteiger partial charge in [-0.3, -0.25) is 4.52 Å². The van der Waals surface area contributed by atoms with E-state index in [0.717, 1.165) is 0 Å². The summed E-state index contributed by atoms with van der Waals surface area (Å²) in [5.41, 5.74) is 0. The molecular formula is C24H43O24P. The minimum Gasteiger partial charge on any atom is -0.394 e. The van der Waals surface area contributed by atoms with E-state index in [4.69, 9.17) is 42.9 Å². The van der Waals surface area contributed by atoms with Gasteiger partial charge in [0.25, 0.3) is 0 Å². The van der Waals surface area contributed by atoms with Gasteiger partial charge in [0.1, 0.15) is 97.7 Å². The van der Waals surface area contributed by atoms with Crippen LogP contribution in [0.15, 0.2) is 0 Å². The van der Waals surface area contributed by atoms with Gasteiger partial charge < -0.3 is 109 Å². The summed E-state index contributed by atoms with van der Waals surface area (Å²) in [7, 11) is -5.09. The molecule has 49 heavy (non-hydrogen) atoms. The summed E-state index contributed by atoms with van der Waals surface area (Å²) >= 11 is 0. The van der Waals surface area contributed by atoms with Crippen LogP contribution in [0, 0.1) is 0 Å². The summed E-state index contributed by atoms with van der Waals surface area (Å²) in [6.07, 6.45) is -38.1. The number of aliphatic hydroxyl groups is 13. The Morgan fingerprint density at radius 2 is 0.837 bits per heavy atom. The van der Waals surface area contributed by atoms with Crippen molar-refractivity contribution in [3.05, 3.63) is 0 Å². The normalized spacial score (nSPS) is 49.9. The van der Waals surface area contributed by atoms with Crippen LogP contribution in [0.2, 0.25) is 0 Å². The molecule has 0 aromatic rings. The van der Waals surface area contributed by atoms with Gasteiger partial charge in [-0.15, -0.1) is 0 Å². The first kappa shape index (κ1) is 41.1. The first-order chi connectivity index (χ1) is 22.9. The molecular weight excluding hydrogens is 703 g/mol. The van der Waals surface area contributed by atoms with E-state index in [1.165, 1.54) is 0 Å². The van der Waals surface area contributed by atoms with E-state index in [1.807, 2.05) is 0 Å². The fraction of sp³-hybridized carbons (Fsp3) is 1.00. The molecule has 0 aliphatic carbocycles. The second kappa shape index (κ2) is 17.0. The average molecular weight is 747 g/mol. The molecule has 20 atom stereocenters. The van der Waals surface area contributed by atoms with E-state index in [-0.39, 0.29) is 0 Å². The first-order valence-electron chi connectivity index (χ1n) is 14.9. The Balaban J connectivity index is 1.51. The second-order valence-electron chi connectivity index (χ2n) is 11.7. The molecule has 25 heteroatoms. The number of phosphoric ester groups is 1. The quantitative estimate of drug-likeness (QED) is 0.0824. The largest absolute Gasteiger partial charge is 0.469 e. The van der Waals surface area contributed by atoms with Gasteiger partial charge in [0.15, 0.2) is 25.2 Å². The first-order valence-corrected chi connectivity index (χ1v) is 16.4. The van der Waals surface area contributed by atoms with Gasteiger partial charge in [0.05, 0.1) is 26.4 Å². The maximum atomic E-state index is 11.1. The maximum Gasteiger partial charge on any atom is 0.469 e. The third kappa shape index (κ3) is 9.10. The lowest BCUT2D eigenvalue weighted by molar-refractivity contribution is -0.391. The molecule has 0 spiro atoms. The van der Waals surface area contributed by atoms with E-state index in [1.54, 1.807) is 0 Å². The number of aliphatic hydroxyl groups excluding tert-OH is 13. The smallest absolute Gasteiger partial charge is 0.394 e. The number of hydrogen-bond donors (Lipinski definition) is 15. The lowest BCUT2D eigenvalue weighted by Crippen LogP contribution is -2.67. The topological polar surface area (TPSA) is 394 Å². The van der Waals surface area contributed by atoms with Crippen molar-refractivity contribution in [3.63, 3.8) is 0 Å². The van der Waals surface area contributed by atoms with Crippen LogP contribution in [0.3, 0.4) is 0 Å². The molecule has 0 amide bonds. The molecule has 0 aromatic heterocycles. The van der Waals surface area contributed by atoms with E-state index in [9.17, 15) is 70.9 Å². The Morgan fingerprint density at radius 1 is 0.449 bits per heavy atom. The molecule has 0 saturated carbocycles. The Morgan fingerprint density at radius 3 is 1.29 bits per heavy atom. The average Bonchev–Trinajstić information content (AvgIpc) is 3.05. The summed E-state index contributed by atoms with van der Waals surface area (Å²) < 4.78 is 52.9. The molecule has 4 rings (SSSR count). The Kier molecular flexibility index (Phi) is 14.2. The van der Waals surface area contributed by atoms with Gasteiger partial charge in [0, 0.05) is 0 Å². The molecule has 24 nitrogen and oxygen atoms in total. The van der Waals surface area contributed by atoms with Crippen LogP contribution in [0.25, 0.3) is 0 Å². The second-order valence-corrected chi connectivity index (χ2v) is 13.0. The zero-order valence-electron chi connectivity index (χ0n) is 25.2. The number of rotatable bonds is 12. The monoisotopic (exact) mass is 746 g/mol. The third-order valence-electron chi connectivity index (χ3n) is 8.44. The van der Waals surface area contributed by atoms with Crippen LogP contribution in [-0.2, 0) is 42.2 Å². The number of ether oxygens (including phenoxy) is 7. The molecule has 4 fully saturated rings. The summed E-state index contributed by atoms with van der Waals surface area (Å²) in [6.45, 7) is -3.72. The van der Waals surface area contributed by atoms with Crippen molar-refractivity contribution in [1.29, 1.82) is 0 Å². The molecule has 0 radical (unpaired) electrons. The van der Waals surface area contributed by atoms with Gasteiger partial charge >= 0.3 is 7.82 Å². The standard InChI is InChI=1S/C24H43O24P/c25-1-5-9(28)14(33)20(21(37)42-5)48-24-17(36)19(12(31)7(3-27)44-24)47-23-16(35)18(11(30)6(2-26)43-23)46-22-15(34)13(32)10(29)8(45-22)4-41-49(38,39)40/h5-37H,1-4H2,(H2,38,39,40)/t5-,6-,7-,8-,9-,10-,11-,12-,13+,14+,15+,16+,17+,18+,19+,20+,21+,22-,23-,24-/m1/s1. The van der Waals surface area contributed by atoms with Crippen LogP contribution in [-0.4, -0.2) is 225 Å². The van der Waals surface area contributed by atoms with Crippen molar-refractivity contribution in [2.75, 3.05) is 26.4 Å². The van der Waals surface area contributed by atoms with Crippen molar-refractivity contribution in [2.45, 2.75) is 123 Å². The van der Waals surface area contributed by atoms with Crippen molar-refractivity contribution in [1.82, 2.24) is 0 Å². The van der Waals surface area contributed by atoms with Gasteiger partial charge in [-0.25, -0.2) is 4.57 Å². The highest BCUT2D eigenvalue weighted by atomic mass is 31.2. The van der Waals surface area contributed by atoms with Crippen LogP contribution in [0.5, 0.6) is 0 Å². The van der Waals surface area contributed by atoms with Crippen LogP contribution < -0.4 is 0 Å². The molecule has 0 unspecified atom stereocenters. The van der Waals surface area contributed by atoms with Crippen molar-refractivity contribution < 1.29 is 118 Å². The molecule has 4 aliphatic rings. The lowest BCUT2D eigenvalue weighted by atomic mass is 9.95. The van der Waals surface area contributed by atoms with Gasteiger partial charge in [0.2, 0.25) is 0 Å². The highest BCUT2D eigenvalue weighted by Crippen LogP contribution is 2.38. The van der Waals surface area contributed by atoms with Crippen molar-refractivity contribution in [2.24, 2.45) is 0 Å². The molecule has 15 N–H and O–H groups in total. The van der Waals surface area contributed by atoms with Crippen molar-refractivity contribution in [3.8, 4) is 0 Å². The van der Waals surface area contributed by atoms with Crippen LogP contribution in [0.4, 0.5) is 0 Å². The maximum absolute atomic E-state index is 11.1. The zero-order valence-corrected chi connectivity index (χ0v) is 26.1. The lowest BCUT2D eigenvalue weighted by Gasteiger charge is -2.49. The van der Waals surface area contributed by atoms with E-state index in [0.29, 0.717) is 0 Å². The summed E-state index contributed by atoms with van der Waals surface area (Å²) in [5.74, 6) is 0. The fourth-order valence-electron chi connectivity index (χ4n) is 5.67. The van der Waals surface area contributed by atoms with Crippen LogP contribution in [0.1, 0.15) is 0 Å². The highest BCUT2D eigenvalue weighted by molar-refractivity contribution is 7.46. The van der Waals surface area contributed by atoms with E-state index < -0.39 is 157 Å².